The average Bonchev–Trinajstić information content (AvgIpc) is 3.62. The van der Waals surface area contributed by atoms with Gasteiger partial charge >= 0.3 is 11.9 Å². The van der Waals surface area contributed by atoms with Crippen molar-refractivity contribution in [2.45, 2.75) is 33.2 Å². The third kappa shape index (κ3) is 5.20. The molecule has 234 valence electrons. The lowest BCUT2D eigenvalue weighted by Gasteiger charge is -2.16. The molecule has 0 saturated carbocycles. The maximum absolute atomic E-state index is 13.6. The van der Waals surface area contributed by atoms with Gasteiger partial charge in [-0.2, -0.15) is 0 Å². The number of hydrogen-bond acceptors (Lipinski definition) is 6. The summed E-state index contributed by atoms with van der Waals surface area (Å²) in [7, 11) is 1.91. The minimum atomic E-state index is -1.56. The van der Waals surface area contributed by atoms with Crippen LogP contribution in [0.4, 0.5) is 0 Å². The number of nitrogens with one attached hydrogen (secondary N) is 2. The molecular weight excluding hydrogens is 588 g/mol. The van der Waals surface area contributed by atoms with E-state index in [0.29, 0.717) is 41.0 Å². The van der Waals surface area contributed by atoms with Crippen molar-refractivity contribution in [3.8, 4) is 28.3 Å². The summed E-state index contributed by atoms with van der Waals surface area (Å²) < 4.78 is 9.55. The van der Waals surface area contributed by atoms with Gasteiger partial charge in [0.2, 0.25) is 0 Å². The van der Waals surface area contributed by atoms with Gasteiger partial charge in [-0.05, 0) is 72.0 Å². The Balaban J connectivity index is 1.42. The minimum Gasteiger partial charge on any atom is -0.477 e. The van der Waals surface area contributed by atoms with Crippen LogP contribution >= 0.6 is 0 Å². The number of fused-ring (bicyclic) bond motifs is 2. The van der Waals surface area contributed by atoms with E-state index >= 15 is 0 Å². The summed E-state index contributed by atoms with van der Waals surface area (Å²) in [5.74, 6) is -3.04. The van der Waals surface area contributed by atoms with Gasteiger partial charge in [-0.3, -0.25) is 9.59 Å². The number of aliphatic hydroxyl groups excluding tert-OH is 1. The first-order chi connectivity index (χ1) is 22.1. The first-order valence-electron chi connectivity index (χ1n) is 14.9. The van der Waals surface area contributed by atoms with Crippen LogP contribution in [0.5, 0.6) is 5.75 Å². The summed E-state index contributed by atoms with van der Waals surface area (Å²) in [5.41, 5.74) is 2.39. The molecule has 4 aromatic heterocycles. The molecule has 6 aromatic rings. The van der Waals surface area contributed by atoms with E-state index < -0.39 is 34.4 Å². The number of rotatable bonds is 9. The maximum atomic E-state index is 13.6. The normalized spacial score (nSPS) is 11.4. The van der Waals surface area contributed by atoms with E-state index in [0.717, 1.165) is 27.4 Å². The molecule has 11 heteroatoms. The standard InChI is InChI=1S/C35H32N4O7/c1-4-19-18-25(32(41)36-29(19)22-7-9-27-21(17-22)11-13-39(27)14-15-40)35(45)46-31-24(5-2)30(37-33(42)28(31)34(43)44)23-6-8-26-20(16-23)10-12-38(26)3/h6-13,16-18,40H,4-5,14-15H2,1-3H3,(H,36,41)(H,37,42)(H,43,44). The zero-order valence-electron chi connectivity index (χ0n) is 25.5. The van der Waals surface area contributed by atoms with Crippen molar-refractivity contribution in [2.24, 2.45) is 7.05 Å². The number of aromatic carboxylic acids is 1. The summed E-state index contributed by atoms with van der Waals surface area (Å²) in [6, 6.07) is 16.5. The Bertz CT molecular complexity index is 2290. The quantitative estimate of drug-likeness (QED) is 0.168. The second kappa shape index (κ2) is 12.0. The van der Waals surface area contributed by atoms with Gasteiger partial charge < -0.3 is 34.1 Å². The molecule has 0 aliphatic carbocycles. The number of hydrogen-bond donors (Lipinski definition) is 4. The molecule has 4 N–H and O–H groups in total. The summed E-state index contributed by atoms with van der Waals surface area (Å²) in [4.78, 5) is 57.8. The molecule has 6 rings (SSSR count). The summed E-state index contributed by atoms with van der Waals surface area (Å²) >= 11 is 0. The lowest BCUT2D eigenvalue weighted by Crippen LogP contribution is -2.27. The smallest absolute Gasteiger partial charge is 0.349 e. The first kappa shape index (κ1) is 30.4. The van der Waals surface area contributed by atoms with Crippen LogP contribution in [0, 0.1) is 0 Å². The molecule has 0 atom stereocenters. The van der Waals surface area contributed by atoms with E-state index in [1.807, 2.05) is 78.0 Å². The van der Waals surface area contributed by atoms with Crippen LogP contribution in [0.15, 0.2) is 76.6 Å². The number of aryl methyl sites for hydroxylation is 2. The second-order valence-corrected chi connectivity index (χ2v) is 11.0. The van der Waals surface area contributed by atoms with Crippen LogP contribution in [0.3, 0.4) is 0 Å². The Hall–Kier alpha value is -5.68. The van der Waals surface area contributed by atoms with Crippen molar-refractivity contribution in [3.05, 3.63) is 110 Å². The van der Waals surface area contributed by atoms with Crippen LogP contribution in [0.2, 0.25) is 0 Å². The van der Waals surface area contributed by atoms with Crippen molar-refractivity contribution in [2.75, 3.05) is 6.61 Å². The predicted octanol–water partition coefficient (Wildman–Crippen LogP) is 4.88. The number of benzene rings is 2. The average molecular weight is 621 g/mol. The van der Waals surface area contributed by atoms with E-state index in [1.54, 1.807) is 13.0 Å². The van der Waals surface area contributed by atoms with Gasteiger partial charge in [0.1, 0.15) is 5.56 Å². The van der Waals surface area contributed by atoms with E-state index in [-0.39, 0.29) is 18.6 Å². The van der Waals surface area contributed by atoms with E-state index in [2.05, 4.69) is 9.97 Å². The number of H-pyrrole nitrogens is 2. The number of aliphatic hydroxyl groups is 1. The van der Waals surface area contributed by atoms with Crippen LogP contribution in [0.1, 0.15) is 45.7 Å². The number of carboxylic acids is 1. The number of aromatic amines is 2. The molecule has 0 radical (unpaired) electrons. The highest BCUT2D eigenvalue weighted by molar-refractivity contribution is 5.97. The van der Waals surface area contributed by atoms with Crippen LogP contribution in [-0.4, -0.2) is 47.9 Å². The van der Waals surface area contributed by atoms with Crippen molar-refractivity contribution < 1.29 is 24.5 Å². The van der Waals surface area contributed by atoms with Gasteiger partial charge in [0.15, 0.2) is 11.3 Å². The van der Waals surface area contributed by atoms with Crippen molar-refractivity contribution >= 4 is 33.7 Å². The van der Waals surface area contributed by atoms with E-state index in [4.69, 9.17) is 4.74 Å². The fourth-order valence-corrected chi connectivity index (χ4v) is 6.01. The maximum Gasteiger partial charge on any atom is 0.349 e. The number of pyridine rings is 2. The Kier molecular flexibility index (Phi) is 7.93. The van der Waals surface area contributed by atoms with Crippen LogP contribution in [0.25, 0.3) is 44.3 Å². The lowest BCUT2D eigenvalue weighted by atomic mass is 9.99. The number of aromatic nitrogens is 4. The van der Waals surface area contributed by atoms with Crippen molar-refractivity contribution in [1.82, 2.24) is 19.1 Å². The third-order valence-corrected chi connectivity index (χ3v) is 8.33. The van der Waals surface area contributed by atoms with Gasteiger partial charge in [-0.1, -0.05) is 26.0 Å². The molecule has 0 saturated heterocycles. The van der Waals surface area contributed by atoms with E-state index in [9.17, 15) is 29.4 Å². The van der Waals surface area contributed by atoms with Gasteiger partial charge in [-0.15, -0.1) is 0 Å². The number of nitrogens with zero attached hydrogens (tertiary/aromatic N) is 2. The molecule has 0 bridgehead atoms. The SMILES string of the molecule is CCc1cc(C(=O)Oc2c(CC)c(-c3ccc4c(ccn4C)c3)[nH]c(=O)c2C(=O)O)c(=O)[nH]c1-c1ccc2c(ccn2CCO)c1. The van der Waals surface area contributed by atoms with Crippen LogP contribution in [-0.2, 0) is 26.4 Å². The highest BCUT2D eigenvalue weighted by atomic mass is 16.5. The molecule has 4 heterocycles. The summed E-state index contributed by atoms with van der Waals surface area (Å²) in [6.07, 6.45) is 4.47. The minimum absolute atomic E-state index is 0.00617. The fourth-order valence-electron chi connectivity index (χ4n) is 6.01. The molecule has 0 spiro atoms. The van der Waals surface area contributed by atoms with Gasteiger partial charge in [-0.25, -0.2) is 9.59 Å². The highest BCUT2D eigenvalue weighted by Gasteiger charge is 2.28. The summed E-state index contributed by atoms with van der Waals surface area (Å²) in [6.45, 7) is 4.10. The third-order valence-electron chi connectivity index (χ3n) is 8.33. The monoisotopic (exact) mass is 620 g/mol. The largest absolute Gasteiger partial charge is 0.477 e. The zero-order valence-corrected chi connectivity index (χ0v) is 25.5. The summed E-state index contributed by atoms with van der Waals surface area (Å²) in [5, 5.41) is 21.1. The van der Waals surface area contributed by atoms with Gasteiger partial charge in [0, 0.05) is 53.4 Å². The molecule has 0 fully saturated rings. The molecular formula is C35H32N4O7. The number of esters is 1. The molecule has 11 nitrogen and oxygen atoms in total. The molecule has 0 unspecified atom stereocenters. The van der Waals surface area contributed by atoms with Crippen LogP contribution < -0.4 is 15.9 Å². The fraction of sp³-hybridized carbons (Fsp3) is 0.200. The first-order valence-corrected chi connectivity index (χ1v) is 14.9. The molecule has 2 aromatic carbocycles. The Morgan fingerprint density at radius 1 is 0.826 bits per heavy atom. The second-order valence-electron chi connectivity index (χ2n) is 11.0. The number of carbonyl (C=O) groups excluding carboxylic acids is 1. The van der Waals surface area contributed by atoms with Crippen molar-refractivity contribution in [3.63, 3.8) is 0 Å². The zero-order chi connectivity index (χ0) is 32.7. The van der Waals surface area contributed by atoms with Crippen molar-refractivity contribution in [1.29, 1.82) is 0 Å². The molecule has 0 aliphatic rings. The Morgan fingerprint density at radius 2 is 1.48 bits per heavy atom. The number of carbonyl (C=O) groups is 2. The van der Waals surface area contributed by atoms with E-state index in [1.165, 1.54) is 6.07 Å². The topological polar surface area (TPSA) is 159 Å². The number of carboxylic acid groups (broad SMARTS) is 1. The van der Waals surface area contributed by atoms with Gasteiger partial charge in [0.25, 0.3) is 11.1 Å². The lowest BCUT2D eigenvalue weighted by molar-refractivity contribution is 0.0678. The Morgan fingerprint density at radius 3 is 2.15 bits per heavy atom. The van der Waals surface area contributed by atoms with Gasteiger partial charge in [0.05, 0.1) is 18.0 Å². The Labute approximate surface area is 262 Å². The number of ether oxygens (including phenoxy) is 1. The molecule has 0 amide bonds. The molecule has 0 aliphatic heterocycles. The molecule has 46 heavy (non-hydrogen) atoms. The highest BCUT2D eigenvalue weighted by Crippen LogP contribution is 2.33. The predicted molar refractivity (Wildman–Crippen MR) is 175 cm³/mol.